The van der Waals surface area contributed by atoms with Gasteiger partial charge in [-0.15, -0.1) is 0 Å². The molecule has 0 saturated carbocycles. The van der Waals surface area contributed by atoms with Crippen LogP contribution in [0, 0.1) is 0 Å². The molecule has 92 valence electrons. The van der Waals surface area contributed by atoms with Gasteiger partial charge in [0.25, 0.3) is 0 Å². The van der Waals surface area contributed by atoms with E-state index in [0.717, 1.165) is 17.2 Å². The molecule has 0 aliphatic carbocycles. The third-order valence-corrected chi connectivity index (χ3v) is 3.79. The van der Waals surface area contributed by atoms with E-state index in [2.05, 4.69) is 9.38 Å². The highest BCUT2D eigenvalue weighted by molar-refractivity contribution is 7.91. The predicted molar refractivity (Wildman–Crippen MR) is 68.8 cm³/mol. The molecular formula is C12H16N2O2S. The standard InChI is InChI=1S/C12H16N2O2S/c1-12(2,3)17(15)14-9-6-8-16-10-5-4-7-13-11(9)10/h4-5,7H,6,8H2,1-3H3. The zero-order valence-corrected chi connectivity index (χ0v) is 11.1. The monoisotopic (exact) mass is 252 g/mol. The summed E-state index contributed by atoms with van der Waals surface area (Å²) in [5.41, 5.74) is 1.50. The summed E-state index contributed by atoms with van der Waals surface area (Å²) in [4.78, 5) is 4.25. The number of ether oxygens (including phenoxy) is 1. The van der Waals surface area contributed by atoms with Crippen LogP contribution in [-0.4, -0.2) is 26.6 Å². The van der Waals surface area contributed by atoms with Gasteiger partial charge >= 0.3 is 0 Å². The Kier molecular flexibility index (Phi) is 3.40. The third-order valence-electron chi connectivity index (χ3n) is 2.36. The molecule has 1 aliphatic heterocycles. The number of rotatable bonds is 1. The summed E-state index contributed by atoms with van der Waals surface area (Å²) in [6.45, 7) is 6.29. The van der Waals surface area contributed by atoms with Crippen molar-refractivity contribution in [3.63, 3.8) is 0 Å². The molecule has 1 aliphatic rings. The first-order valence-corrected chi connectivity index (χ1v) is 6.67. The van der Waals surface area contributed by atoms with Crippen LogP contribution in [0.1, 0.15) is 32.9 Å². The Balaban J connectivity index is 2.33. The van der Waals surface area contributed by atoms with Crippen LogP contribution in [0.25, 0.3) is 0 Å². The fourth-order valence-corrected chi connectivity index (χ4v) is 2.08. The molecule has 0 fully saturated rings. The smallest absolute Gasteiger partial charge is 0.147 e. The van der Waals surface area contributed by atoms with E-state index in [1.165, 1.54) is 0 Å². The Bertz CT molecular complexity index is 440. The van der Waals surface area contributed by atoms with Gasteiger partial charge in [-0.25, -0.2) is 0 Å². The molecule has 2 rings (SSSR count). The molecule has 0 amide bonds. The Morgan fingerprint density at radius 2 is 2.24 bits per heavy atom. The summed E-state index contributed by atoms with van der Waals surface area (Å²) >= 11 is -1.25. The van der Waals surface area contributed by atoms with E-state index < -0.39 is 11.4 Å². The number of fused-ring (bicyclic) bond motifs is 1. The van der Waals surface area contributed by atoms with Gasteiger partial charge in [0.15, 0.2) is 0 Å². The molecule has 5 heteroatoms. The fraction of sp³-hybridized carbons (Fsp3) is 0.500. The Hall–Kier alpha value is -1.07. The van der Waals surface area contributed by atoms with Gasteiger partial charge in [0.05, 0.1) is 6.61 Å². The lowest BCUT2D eigenvalue weighted by Gasteiger charge is -2.21. The van der Waals surface area contributed by atoms with Crippen molar-refractivity contribution in [2.75, 3.05) is 6.61 Å². The number of hydrogen-bond donors (Lipinski definition) is 0. The van der Waals surface area contributed by atoms with Gasteiger partial charge in [-0.2, -0.15) is 0 Å². The molecule has 1 aromatic heterocycles. The summed E-state index contributed by atoms with van der Waals surface area (Å²) < 4.78 is 21.4. The molecule has 1 aromatic rings. The summed E-state index contributed by atoms with van der Waals surface area (Å²) in [6, 6.07) is 3.68. The van der Waals surface area contributed by atoms with E-state index in [-0.39, 0.29) is 4.75 Å². The molecule has 17 heavy (non-hydrogen) atoms. The minimum atomic E-state index is -1.25. The lowest BCUT2D eigenvalue weighted by molar-refractivity contribution is 0.318. The molecule has 0 radical (unpaired) electrons. The van der Waals surface area contributed by atoms with Crippen LogP contribution in [0.5, 0.6) is 5.75 Å². The van der Waals surface area contributed by atoms with Crippen LogP contribution in [-0.2, 0) is 11.4 Å². The SMILES string of the molecule is CC(C)(C)[S+]([O-])N=C1CCOc2cccnc21. The third kappa shape index (κ3) is 2.79. The second kappa shape index (κ2) is 4.66. The maximum atomic E-state index is 12.0. The van der Waals surface area contributed by atoms with E-state index in [4.69, 9.17) is 4.74 Å². The minimum Gasteiger partial charge on any atom is -0.591 e. The topological polar surface area (TPSA) is 57.5 Å². The van der Waals surface area contributed by atoms with Gasteiger partial charge in [0.1, 0.15) is 33.3 Å². The molecule has 1 unspecified atom stereocenters. The van der Waals surface area contributed by atoms with Crippen LogP contribution in [0.2, 0.25) is 0 Å². The molecule has 0 saturated heterocycles. The number of nitrogens with zero attached hydrogens (tertiary/aromatic N) is 2. The highest BCUT2D eigenvalue weighted by atomic mass is 32.2. The van der Waals surface area contributed by atoms with E-state index in [1.807, 2.05) is 32.9 Å². The van der Waals surface area contributed by atoms with Crippen LogP contribution < -0.4 is 4.74 Å². The van der Waals surface area contributed by atoms with Gasteiger partial charge in [-0.3, -0.25) is 4.98 Å². The minimum absolute atomic E-state index is 0.347. The van der Waals surface area contributed by atoms with Crippen molar-refractivity contribution in [2.45, 2.75) is 31.9 Å². The summed E-state index contributed by atoms with van der Waals surface area (Å²) in [7, 11) is 0. The van der Waals surface area contributed by atoms with Gasteiger partial charge < -0.3 is 9.29 Å². The number of pyridine rings is 1. The van der Waals surface area contributed by atoms with E-state index in [1.54, 1.807) is 6.20 Å². The highest BCUT2D eigenvalue weighted by Crippen LogP contribution is 2.25. The molecule has 0 aromatic carbocycles. The molecular weight excluding hydrogens is 236 g/mol. The van der Waals surface area contributed by atoms with Gasteiger partial charge in [-0.05, 0) is 32.9 Å². The average Bonchev–Trinajstić information content (AvgIpc) is 2.28. The lowest BCUT2D eigenvalue weighted by Crippen LogP contribution is -2.28. The van der Waals surface area contributed by atoms with Crippen LogP contribution in [0.4, 0.5) is 0 Å². The molecule has 1 atom stereocenters. The summed E-state index contributed by atoms with van der Waals surface area (Å²) in [5.74, 6) is 0.725. The quantitative estimate of drug-likeness (QED) is 0.719. The normalized spacial score (nSPS) is 19.6. The van der Waals surface area contributed by atoms with Crippen molar-refractivity contribution in [3.8, 4) is 5.75 Å². The van der Waals surface area contributed by atoms with Crippen molar-refractivity contribution in [3.05, 3.63) is 24.0 Å². The first-order valence-electron chi connectivity index (χ1n) is 5.56. The van der Waals surface area contributed by atoms with Crippen molar-refractivity contribution >= 4 is 17.1 Å². The number of aromatic nitrogens is 1. The Morgan fingerprint density at radius 3 is 2.94 bits per heavy atom. The van der Waals surface area contributed by atoms with E-state index in [9.17, 15) is 4.55 Å². The maximum Gasteiger partial charge on any atom is 0.147 e. The molecule has 0 N–H and O–H groups in total. The average molecular weight is 252 g/mol. The van der Waals surface area contributed by atoms with E-state index >= 15 is 0 Å². The first kappa shape index (κ1) is 12.4. The second-order valence-corrected chi connectivity index (χ2v) is 6.75. The van der Waals surface area contributed by atoms with Crippen molar-refractivity contribution in [1.29, 1.82) is 0 Å². The largest absolute Gasteiger partial charge is 0.591 e. The molecule has 0 spiro atoms. The predicted octanol–water partition coefficient (Wildman–Crippen LogP) is 2.12. The maximum absolute atomic E-state index is 12.0. The lowest BCUT2D eigenvalue weighted by atomic mass is 10.1. The molecule has 0 bridgehead atoms. The van der Waals surface area contributed by atoms with Crippen molar-refractivity contribution < 1.29 is 9.29 Å². The van der Waals surface area contributed by atoms with Crippen molar-refractivity contribution in [1.82, 2.24) is 4.98 Å². The first-order chi connectivity index (χ1) is 7.98. The van der Waals surface area contributed by atoms with Crippen LogP contribution in [0.3, 0.4) is 0 Å². The van der Waals surface area contributed by atoms with E-state index in [0.29, 0.717) is 13.0 Å². The van der Waals surface area contributed by atoms with Gasteiger partial charge in [0.2, 0.25) is 0 Å². The molecule has 4 nitrogen and oxygen atoms in total. The summed E-state index contributed by atoms with van der Waals surface area (Å²) in [6.07, 6.45) is 2.36. The summed E-state index contributed by atoms with van der Waals surface area (Å²) in [5, 5.41) is 0. The zero-order chi connectivity index (χ0) is 12.5. The molecule has 2 heterocycles. The van der Waals surface area contributed by atoms with Crippen LogP contribution >= 0.6 is 0 Å². The second-order valence-electron chi connectivity index (χ2n) is 4.85. The number of hydrogen-bond acceptors (Lipinski definition) is 4. The van der Waals surface area contributed by atoms with Gasteiger partial charge in [-0.1, -0.05) is 4.40 Å². The Morgan fingerprint density at radius 1 is 1.47 bits per heavy atom. The van der Waals surface area contributed by atoms with Crippen molar-refractivity contribution in [2.24, 2.45) is 4.40 Å². The fourth-order valence-electron chi connectivity index (χ4n) is 1.43. The highest BCUT2D eigenvalue weighted by Gasteiger charge is 2.29. The van der Waals surface area contributed by atoms with Gasteiger partial charge in [0, 0.05) is 12.6 Å². The zero-order valence-electron chi connectivity index (χ0n) is 10.3. The Labute approximate surface area is 104 Å². The van der Waals surface area contributed by atoms with Crippen LogP contribution in [0.15, 0.2) is 22.7 Å².